The van der Waals surface area contributed by atoms with Crippen molar-refractivity contribution in [1.82, 2.24) is 0 Å². The van der Waals surface area contributed by atoms with Gasteiger partial charge in [-0.3, -0.25) is 9.59 Å². The van der Waals surface area contributed by atoms with Crippen LogP contribution in [0.1, 0.15) is 24.8 Å². The molecule has 2 unspecified atom stereocenters. The highest BCUT2D eigenvalue weighted by Crippen LogP contribution is 2.36. The Bertz CT molecular complexity index is 501. The average Bonchev–Trinajstić information content (AvgIpc) is 2.78. The minimum absolute atomic E-state index is 0.0610. The molecule has 0 spiro atoms. The molecule has 1 aliphatic heterocycles. The van der Waals surface area contributed by atoms with E-state index in [4.69, 9.17) is 5.73 Å². The molecule has 19 heavy (non-hydrogen) atoms. The normalized spacial score (nSPS) is 19.1. The van der Waals surface area contributed by atoms with Crippen molar-refractivity contribution in [2.24, 2.45) is 11.7 Å². The maximum Gasteiger partial charge on any atom is 0.312 e. The van der Waals surface area contributed by atoms with Gasteiger partial charge in [0.25, 0.3) is 0 Å². The van der Waals surface area contributed by atoms with E-state index < -0.39 is 11.9 Å². The van der Waals surface area contributed by atoms with Gasteiger partial charge in [0.1, 0.15) is 5.92 Å². The number of carboxylic acids is 1. The Hall–Kier alpha value is -1.88. The van der Waals surface area contributed by atoms with Crippen molar-refractivity contribution >= 4 is 17.6 Å². The van der Waals surface area contributed by atoms with E-state index in [-0.39, 0.29) is 18.4 Å². The molecule has 0 bridgehead atoms. The summed E-state index contributed by atoms with van der Waals surface area (Å²) in [6.45, 7) is 2.57. The fourth-order valence-electron chi connectivity index (χ4n) is 2.35. The Labute approximate surface area is 112 Å². The summed E-state index contributed by atoms with van der Waals surface area (Å²) in [5.41, 5.74) is 6.95. The van der Waals surface area contributed by atoms with E-state index >= 15 is 0 Å². The number of nitrogens with zero attached hydrogens (tertiary/aromatic N) is 1. The lowest BCUT2D eigenvalue weighted by atomic mass is 10.0. The van der Waals surface area contributed by atoms with Crippen LogP contribution in [-0.4, -0.2) is 30.1 Å². The molecular formula is C14H18N2O3. The zero-order valence-corrected chi connectivity index (χ0v) is 10.9. The smallest absolute Gasteiger partial charge is 0.312 e. The first-order valence-electron chi connectivity index (χ1n) is 6.36. The molecule has 0 saturated carbocycles. The van der Waals surface area contributed by atoms with E-state index in [1.54, 1.807) is 23.1 Å². The number of aliphatic carboxylic acids is 1. The van der Waals surface area contributed by atoms with Gasteiger partial charge in [-0.05, 0) is 24.1 Å². The van der Waals surface area contributed by atoms with Crippen molar-refractivity contribution in [3.63, 3.8) is 0 Å². The minimum Gasteiger partial charge on any atom is -0.481 e. The number of carbonyl (C=O) groups excluding carboxylic acids is 1. The maximum absolute atomic E-state index is 12.2. The highest BCUT2D eigenvalue weighted by atomic mass is 16.4. The van der Waals surface area contributed by atoms with Crippen LogP contribution in [0, 0.1) is 5.92 Å². The third kappa shape index (κ3) is 2.61. The van der Waals surface area contributed by atoms with E-state index in [9.17, 15) is 14.7 Å². The largest absolute Gasteiger partial charge is 0.481 e. The van der Waals surface area contributed by atoms with Crippen LogP contribution in [-0.2, 0) is 9.59 Å². The Morgan fingerprint density at radius 1 is 1.47 bits per heavy atom. The molecule has 2 atom stereocenters. The number of hydrogen-bond donors (Lipinski definition) is 2. The van der Waals surface area contributed by atoms with Crippen LogP contribution in [0.3, 0.4) is 0 Å². The fraction of sp³-hybridized carbons (Fsp3) is 0.429. The molecule has 0 radical (unpaired) electrons. The number of carbonyl (C=O) groups is 2. The topological polar surface area (TPSA) is 83.6 Å². The summed E-state index contributed by atoms with van der Waals surface area (Å²) in [7, 11) is 0. The molecule has 0 saturated heterocycles. The van der Waals surface area contributed by atoms with Gasteiger partial charge >= 0.3 is 5.97 Å². The molecular weight excluding hydrogens is 244 g/mol. The summed E-state index contributed by atoms with van der Waals surface area (Å²) in [4.78, 5) is 25.0. The third-order valence-corrected chi connectivity index (χ3v) is 3.49. The standard InChI is InChI=1S/C14H18N2O3/c1-9(7-15)6-13(17)16-8-11(14(18)19)10-4-2-3-5-12(10)16/h2-5,9,11H,6-8,15H2,1H3,(H,18,19). The van der Waals surface area contributed by atoms with Gasteiger partial charge in [-0.2, -0.15) is 0 Å². The van der Waals surface area contributed by atoms with Crippen LogP contribution in [0.15, 0.2) is 24.3 Å². The highest BCUT2D eigenvalue weighted by molar-refractivity contribution is 5.99. The Balaban J connectivity index is 2.25. The summed E-state index contributed by atoms with van der Waals surface area (Å²) >= 11 is 0. The number of anilines is 1. The van der Waals surface area contributed by atoms with Crippen molar-refractivity contribution in [2.75, 3.05) is 18.0 Å². The van der Waals surface area contributed by atoms with E-state index in [0.717, 1.165) is 0 Å². The Kier molecular flexibility index (Phi) is 3.85. The summed E-state index contributed by atoms with van der Waals surface area (Å²) in [5, 5.41) is 9.23. The molecule has 0 fully saturated rings. The van der Waals surface area contributed by atoms with Crippen LogP contribution in [0.5, 0.6) is 0 Å². The second-order valence-electron chi connectivity index (χ2n) is 5.00. The zero-order valence-electron chi connectivity index (χ0n) is 10.9. The molecule has 2 rings (SSSR count). The second kappa shape index (κ2) is 5.40. The first-order chi connectivity index (χ1) is 9.04. The van der Waals surface area contributed by atoms with Crippen LogP contribution >= 0.6 is 0 Å². The number of amides is 1. The molecule has 1 aliphatic rings. The van der Waals surface area contributed by atoms with Gasteiger partial charge < -0.3 is 15.7 Å². The summed E-state index contributed by atoms with van der Waals surface area (Å²) in [6, 6.07) is 7.18. The number of nitrogens with two attached hydrogens (primary N) is 1. The van der Waals surface area contributed by atoms with Crippen molar-refractivity contribution in [3.05, 3.63) is 29.8 Å². The molecule has 0 aromatic heterocycles. The minimum atomic E-state index is -0.894. The Morgan fingerprint density at radius 2 is 2.16 bits per heavy atom. The Morgan fingerprint density at radius 3 is 2.79 bits per heavy atom. The molecule has 5 nitrogen and oxygen atoms in total. The maximum atomic E-state index is 12.2. The number of para-hydroxylation sites is 1. The van der Waals surface area contributed by atoms with Crippen molar-refractivity contribution in [3.8, 4) is 0 Å². The number of hydrogen-bond acceptors (Lipinski definition) is 3. The van der Waals surface area contributed by atoms with Gasteiger partial charge in [-0.1, -0.05) is 25.1 Å². The fourth-order valence-corrected chi connectivity index (χ4v) is 2.35. The van der Waals surface area contributed by atoms with Gasteiger partial charge in [0.15, 0.2) is 0 Å². The lowest BCUT2D eigenvalue weighted by Crippen LogP contribution is -2.33. The van der Waals surface area contributed by atoms with E-state index in [1.165, 1.54) is 0 Å². The van der Waals surface area contributed by atoms with Crippen molar-refractivity contribution < 1.29 is 14.7 Å². The van der Waals surface area contributed by atoms with Gasteiger partial charge in [-0.25, -0.2) is 0 Å². The number of rotatable bonds is 4. The van der Waals surface area contributed by atoms with E-state index in [2.05, 4.69) is 0 Å². The monoisotopic (exact) mass is 262 g/mol. The zero-order chi connectivity index (χ0) is 14.0. The first kappa shape index (κ1) is 13.5. The predicted molar refractivity (Wildman–Crippen MR) is 72.0 cm³/mol. The van der Waals surface area contributed by atoms with Crippen LogP contribution in [0.25, 0.3) is 0 Å². The molecule has 1 amide bonds. The summed E-state index contributed by atoms with van der Waals surface area (Å²) < 4.78 is 0. The van der Waals surface area contributed by atoms with Crippen molar-refractivity contribution in [1.29, 1.82) is 0 Å². The number of benzene rings is 1. The van der Waals surface area contributed by atoms with Gasteiger partial charge in [0.2, 0.25) is 5.91 Å². The molecule has 5 heteroatoms. The number of fused-ring (bicyclic) bond motifs is 1. The molecule has 1 aromatic carbocycles. The number of carboxylic acid groups (broad SMARTS) is 1. The molecule has 3 N–H and O–H groups in total. The SMILES string of the molecule is CC(CN)CC(=O)N1CC(C(=O)O)c2ccccc21. The predicted octanol–water partition coefficient (Wildman–Crippen LogP) is 1.19. The molecule has 102 valence electrons. The summed E-state index contributed by atoms with van der Waals surface area (Å²) in [5.74, 6) is -1.49. The van der Waals surface area contributed by atoms with E-state index in [1.807, 2.05) is 13.0 Å². The van der Waals surface area contributed by atoms with E-state index in [0.29, 0.717) is 24.2 Å². The second-order valence-corrected chi connectivity index (χ2v) is 5.00. The molecule has 1 heterocycles. The average molecular weight is 262 g/mol. The molecule has 1 aromatic rings. The van der Waals surface area contributed by atoms with Crippen LogP contribution < -0.4 is 10.6 Å². The van der Waals surface area contributed by atoms with Gasteiger partial charge in [0.05, 0.1) is 0 Å². The van der Waals surface area contributed by atoms with Crippen LogP contribution in [0.2, 0.25) is 0 Å². The summed E-state index contributed by atoms with van der Waals surface area (Å²) in [6.07, 6.45) is 0.344. The van der Waals surface area contributed by atoms with Gasteiger partial charge in [0, 0.05) is 18.7 Å². The lowest BCUT2D eigenvalue weighted by Gasteiger charge is -2.19. The first-order valence-corrected chi connectivity index (χ1v) is 6.36. The quantitative estimate of drug-likeness (QED) is 0.853. The van der Waals surface area contributed by atoms with Crippen molar-refractivity contribution in [2.45, 2.75) is 19.3 Å². The molecule has 0 aliphatic carbocycles. The van der Waals surface area contributed by atoms with Gasteiger partial charge in [-0.15, -0.1) is 0 Å². The lowest BCUT2D eigenvalue weighted by molar-refractivity contribution is -0.138. The highest BCUT2D eigenvalue weighted by Gasteiger charge is 2.36. The third-order valence-electron chi connectivity index (χ3n) is 3.49. The van der Waals surface area contributed by atoms with Crippen LogP contribution in [0.4, 0.5) is 5.69 Å².